The summed E-state index contributed by atoms with van der Waals surface area (Å²) in [6.45, 7) is 1.35. The van der Waals surface area contributed by atoms with Crippen LogP contribution >= 0.6 is 11.3 Å². The number of methoxy groups -OCH3 is 1. The van der Waals surface area contributed by atoms with Gasteiger partial charge in [0.1, 0.15) is 11.8 Å². The average Bonchev–Trinajstić information content (AvgIpc) is 3.47. The molecule has 3 aromatic rings. The van der Waals surface area contributed by atoms with E-state index in [0.717, 1.165) is 21.3 Å². The number of H-pyrrole nitrogens is 1. The fourth-order valence-electron chi connectivity index (χ4n) is 3.56. The smallest absolute Gasteiger partial charge is 0.328 e. The molecule has 2 amide bonds. The van der Waals surface area contributed by atoms with Crippen molar-refractivity contribution >= 4 is 51.8 Å². The topological polar surface area (TPSA) is 113 Å². The third-order valence-corrected chi connectivity index (χ3v) is 5.81. The van der Waals surface area contributed by atoms with Gasteiger partial charge in [-0.05, 0) is 29.2 Å². The number of thiophene rings is 1. The monoisotopic (exact) mass is 436 g/mol. The zero-order chi connectivity index (χ0) is 22.0. The number of carbonyl (C=O) groups is 3. The summed E-state index contributed by atoms with van der Waals surface area (Å²) in [5.74, 6) is -1.18. The first-order chi connectivity index (χ1) is 15.0. The molecule has 1 aliphatic heterocycles. The molecule has 0 fully saturated rings. The number of carbonyl (C=O) groups excluding carboxylic acids is 3. The first-order valence-corrected chi connectivity index (χ1v) is 10.4. The Morgan fingerprint density at radius 1 is 1.26 bits per heavy atom. The van der Waals surface area contributed by atoms with Crippen LogP contribution in [0.3, 0.4) is 0 Å². The lowest BCUT2D eigenvalue weighted by atomic mass is 9.99. The van der Waals surface area contributed by atoms with Gasteiger partial charge in [0.25, 0.3) is 5.91 Å². The van der Waals surface area contributed by atoms with Crippen LogP contribution in [0.1, 0.15) is 23.1 Å². The Labute approximate surface area is 182 Å². The van der Waals surface area contributed by atoms with E-state index in [1.54, 1.807) is 6.08 Å². The highest BCUT2D eigenvalue weighted by molar-refractivity contribution is 7.12. The summed E-state index contributed by atoms with van der Waals surface area (Å²) in [7, 11) is 1.28. The number of benzene rings is 1. The van der Waals surface area contributed by atoms with Crippen molar-refractivity contribution in [2.75, 3.05) is 7.11 Å². The number of para-hydroxylation sites is 1. The number of aromatic amines is 1. The second-order valence-electron chi connectivity index (χ2n) is 6.98. The van der Waals surface area contributed by atoms with Gasteiger partial charge in [-0.2, -0.15) is 5.10 Å². The van der Waals surface area contributed by atoms with Crippen molar-refractivity contribution in [2.45, 2.75) is 19.4 Å². The van der Waals surface area contributed by atoms with E-state index in [1.807, 2.05) is 41.8 Å². The molecule has 1 aromatic carbocycles. The van der Waals surface area contributed by atoms with E-state index in [2.05, 4.69) is 20.8 Å². The van der Waals surface area contributed by atoms with Gasteiger partial charge in [-0.15, -0.1) is 11.3 Å². The molecule has 0 aliphatic carbocycles. The minimum absolute atomic E-state index is 0.197. The summed E-state index contributed by atoms with van der Waals surface area (Å²) in [6.07, 6.45) is 1.93. The lowest BCUT2D eigenvalue weighted by Crippen LogP contribution is -2.42. The lowest BCUT2D eigenvalue weighted by molar-refractivity contribution is -0.144. The second kappa shape index (κ2) is 8.57. The number of hydrogen-bond acceptors (Lipinski definition) is 6. The third-order valence-electron chi connectivity index (χ3n) is 4.93. The summed E-state index contributed by atoms with van der Waals surface area (Å²) in [5.41, 5.74) is 5.81. The number of nitrogens with zero attached hydrogens (tertiary/aromatic N) is 1. The molecule has 1 atom stereocenters. The maximum Gasteiger partial charge on any atom is 0.328 e. The van der Waals surface area contributed by atoms with Gasteiger partial charge in [0.05, 0.1) is 17.6 Å². The number of aromatic nitrogens is 1. The van der Waals surface area contributed by atoms with Gasteiger partial charge >= 0.3 is 5.97 Å². The maximum atomic E-state index is 12.5. The molecule has 2 aromatic heterocycles. The normalized spacial score (nSPS) is 15.6. The summed E-state index contributed by atoms with van der Waals surface area (Å²) in [4.78, 5) is 40.6. The van der Waals surface area contributed by atoms with Crippen LogP contribution in [-0.2, 0) is 25.5 Å². The highest BCUT2D eigenvalue weighted by Gasteiger charge is 2.27. The zero-order valence-corrected chi connectivity index (χ0v) is 17.7. The fraction of sp³-hybridized carbons (Fsp3) is 0.182. The largest absolute Gasteiger partial charge is 0.467 e. The highest BCUT2D eigenvalue weighted by atomic mass is 32.1. The Morgan fingerprint density at radius 2 is 2.06 bits per heavy atom. The molecule has 0 saturated heterocycles. The van der Waals surface area contributed by atoms with E-state index in [4.69, 9.17) is 4.74 Å². The lowest BCUT2D eigenvalue weighted by Gasteiger charge is -2.16. The van der Waals surface area contributed by atoms with Crippen molar-refractivity contribution in [3.8, 4) is 0 Å². The molecule has 0 spiro atoms. The number of ether oxygens (including phenoxy) is 1. The third kappa shape index (κ3) is 4.13. The Bertz CT molecular complexity index is 1220. The second-order valence-corrected chi connectivity index (χ2v) is 7.93. The number of hydrazone groups is 1. The molecule has 0 radical (unpaired) electrons. The standard InChI is InChI=1S/C22H20N4O4S/c1-12(27)23-18(22(29)30-2)10-14-13-6-3-4-7-16(13)24-17(14)11-15-20(25-26-21(15)28)19-8-5-9-31-19/h3-9,11,18,24H,10H2,1-2H3,(H,23,27)(H,26,28). The summed E-state index contributed by atoms with van der Waals surface area (Å²) < 4.78 is 4.87. The van der Waals surface area contributed by atoms with Gasteiger partial charge in [-0.3, -0.25) is 9.59 Å². The van der Waals surface area contributed by atoms with Gasteiger partial charge in [0.2, 0.25) is 5.91 Å². The van der Waals surface area contributed by atoms with Crippen molar-refractivity contribution in [3.05, 3.63) is 63.5 Å². The maximum absolute atomic E-state index is 12.5. The van der Waals surface area contributed by atoms with Crippen LogP contribution in [0, 0.1) is 0 Å². The number of nitrogens with one attached hydrogen (secondary N) is 3. The van der Waals surface area contributed by atoms with E-state index in [9.17, 15) is 14.4 Å². The van der Waals surface area contributed by atoms with E-state index in [-0.39, 0.29) is 18.2 Å². The molecule has 3 N–H and O–H groups in total. The van der Waals surface area contributed by atoms with Gasteiger partial charge in [0, 0.05) is 29.9 Å². The molecule has 1 aliphatic rings. The van der Waals surface area contributed by atoms with Crippen molar-refractivity contribution in [1.29, 1.82) is 0 Å². The number of hydrogen-bond donors (Lipinski definition) is 3. The van der Waals surface area contributed by atoms with E-state index >= 15 is 0 Å². The number of fused-ring (bicyclic) bond motifs is 1. The molecule has 1 unspecified atom stereocenters. The minimum atomic E-state index is -0.860. The van der Waals surface area contributed by atoms with Gasteiger partial charge < -0.3 is 15.0 Å². The van der Waals surface area contributed by atoms with Crippen LogP contribution < -0.4 is 10.7 Å². The highest BCUT2D eigenvalue weighted by Crippen LogP contribution is 2.28. The van der Waals surface area contributed by atoms with Crippen LogP contribution in [0.5, 0.6) is 0 Å². The van der Waals surface area contributed by atoms with Gasteiger partial charge in [0.15, 0.2) is 0 Å². The molecule has 158 valence electrons. The van der Waals surface area contributed by atoms with Crippen LogP contribution in [0.2, 0.25) is 0 Å². The van der Waals surface area contributed by atoms with Gasteiger partial charge in [-0.25, -0.2) is 10.2 Å². The molecular formula is C22H20N4O4S. The number of rotatable bonds is 6. The Hall–Kier alpha value is -3.72. The van der Waals surface area contributed by atoms with Crippen LogP contribution in [0.25, 0.3) is 17.0 Å². The number of amides is 2. The Kier molecular flexibility index (Phi) is 5.68. The molecule has 3 heterocycles. The van der Waals surface area contributed by atoms with Crippen molar-refractivity contribution < 1.29 is 19.1 Å². The van der Waals surface area contributed by atoms with Crippen molar-refractivity contribution in [3.63, 3.8) is 0 Å². The summed E-state index contributed by atoms with van der Waals surface area (Å²) >= 11 is 1.49. The van der Waals surface area contributed by atoms with E-state index < -0.39 is 12.0 Å². The first kappa shape index (κ1) is 20.5. The Balaban J connectivity index is 1.80. The minimum Gasteiger partial charge on any atom is -0.467 e. The molecule has 4 rings (SSSR count). The molecule has 8 nitrogen and oxygen atoms in total. The summed E-state index contributed by atoms with van der Waals surface area (Å²) in [6, 6.07) is 10.6. The Morgan fingerprint density at radius 3 is 2.77 bits per heavy atom. The molecular weight excluding hydrogens is 416 g/mol. The van der Waals surface area contributed by atoms with E-state index in [0.29, 0.717) is 17.0 Å². The zero-order valence-electron chi connectivity index (χ0n) is 16.9. The molecule has 31 heavy (non-hydrogen) atoms. The first-order valence-electron chi connectivity index (χ1n) is 9.56. The predicted molar refractivity (Wildman–Crippen MR) is 119 cm³/mol. The van der Waals surface area contributed by atoms with E-state index in [1.165, 1.54) is 25.4 Å². The van der Waals surface area contributed by atoms with Crippen LogP contribution in [0.4, 0.5) is 0 Å². The fourth-order valence-corrected chi connectivity index (χ4v) is 4.29. The number of esters is 1. The average molecular weight is 436 g/mol. The predicted octanol–water partition coefficient (Wildman–Crippen LogP) is 2.37. The van der Waals surface area contributed by atoms with Gasteiger partial charge in [-0.1, -0.05) is 24.3 Å². The summed E-state index contributed by atoms with van der Waals surface area (Å²) in [5, 5.41) is 9.63. The molecule has 0 saturated carbocycles. The van der Waals surface area contributed by atoms with Crippen molar-refractivity contribution in [2.24, 2.45) is 5.10 Å². The molecule has 0 bridgehead atoms. The van der Waals surface area contributed by atoms with Crippen LogP contribution in [0.15, 0.2) is 52.5 Å². The SMILES string of the molecule is COC(=O)C(Cc1c(C=C2C(=O)NN=C2c2cccs2)[nH]c2ccccc12)NC(C)=O. The quantitative estimate of drug-likeness (QED) is 0.407. The van der Waals surface area contributed by atoms with Crippen molar-refractivity contribution in [1.82, 2.24) is 15.7 Å². The van der Waals surface area contributed by atoms with Crippen LogP contribution in [-0.4, -0.2) is 41.6 Å². The molecule has 9 heteroatoms.